The zero-order valence-corrected chi connectivity index (χ0v) is 14.3. The van der Waals surface area contributed by atoms with Crippen LogP contribution in [0.2, 0.25) is 0 Å². The molecule has 0 spiro atoms. The molecule has 2 amide bonds. The molecule has 0 heterocycles. The molecular weight excluding hydrogens is 377 g/mol. The second-order valence-corrected chi connectivity index (χ2v) is 7.11. The summed E-state index contributed by atoms with van der Waals surface area (Å²) in [6.07, 6.45) is -4.57. The minimum absolute atomic E-state index is 0.144. The summed E-state index contributed by atoms with van der Waals surface area (Å²) in [7, 11) is -2.89. The average molecular weight is 392 g/mol. The maximum Gasteiger partial charge on any atom is 0.405 e. The number of benzene rings is 1. The summed E-state index contributed by atoms with van der Waals surface area (Å²) >= 11 is 0. The Kier molecular flexibility index (Phi) is 7.10. The molecule has 0 aliphatic rings. The van der Waals surface area contributed by atoms with Gasteiger partial charge in [0.15, 0.2) is 0 Å². The minimum atomic E-state index is -4.57. The van der Waals surface area contributed by atoms with Crippen molar-refractivity contribution in [3.63, 3.8) is 0 Å². The van der Waals surface area contributed by atoms with Crippen molar-refractivity contribution in [3.05, 3.63) is 29.8 Å². The molecule has 142 valence electrons. The summed E-state index contributed by atoms with van der Waals surface area (Å²) in [5.41, 5.74) is 0.259. The van der Waals surface area contributed by atoms with E-state index in [1.54, 1.807) is 5.32 Å². The Morgan fingerprint density at radius 1 is 1.15 bits per heavy atom. The van der Waals surface area contributed by atoms with Crippen LogP contribution in [0.15, 0.2) is 29.2 Å². The molecule has 0 unspecified atom stereocenters. The number of nitrogens with zero attached hydrogens (tertiary/aromatic N) is 2. The van der Waals surface area contributed by atoms with E-state index in [-0.39, 0.29) is 10.5 Å². The Morgan fingerprint density at radius 2 is 1.73 bits per heavy atom. The monoisotopic (exact) mass is 392 g/mol. The van der Waals surface area contributed by atoms with Crippen LogP contribution in [0.5, 0.6) is 0 Å². The Balaban J connectivity index is 2.57. The number of rotatable bonds is 7. The van der Waals surface area contributed by atoms with Gasteiger partial charge in [-0.05, 0) is 24.3 Å². The highest BCUT2D eigenvalue weighted by molar-refractivity contribution is 7.89. The first-order valence-corrected chi connectivity index (χ1v) is 8.46. The summed E-state index contributed by atoms with van der Waals surface area (Å²) in [5.74, 6) is -1.93. The van der Waals surface area contributed by atoms with Gasteiger partial charge in [-0.25, -0.2) is 8.42 Å². The van der Waals surface area contributed by atoms with Gasteiger partial charge < -0.3 is 10.6 Å². The van der Waals surface area contributed by atoms with Crippen molar-refractivity contribution in [2.75, 3.05) is 26.7 Å². The van der Waals surface area contributed by atoms with Crippen LogP contribution in [0.25, 0.3) is 0 Å². The van der Waals surface area contributed by atoms with Crippen molar-refractivity contribution in [2.24, 2.45) is 0 Å². The Bertz CT molecular complexity index is 801. The van der Waals surface area contributed by atoms with E-state index in [0.29, 0.717) is 4.31 Å². The third-order valence-corrected chi connectivity index (χ3v) is 4.81. The van der Waals surface area contributed by atoms with E-state index in [1.165, 1.54) is 24.3 Å². The normalized spacial score (nSPS) is 11.7. The lowest BCUT2D eigenvalue weighted by Crippen LogP contribution is -2.44. The highest BCUT2D eigenvalue weighted by Crippen LogP contribution is 2.14. The summed E-state index contributed by atoms with van der Waals surface area (Å²) in [6.45, 7) is -2.90. The fourth-order valence-electron chi connectivity index (χ4n) is 1.66. The lowest BCUT2D eigenvalue weighted by atomic mass is 10.2. The average Bonchev–Trinajstić information content (AvgIpc) is 2.57. The second kappa shape index (κ2) is 8.63. The molecule has 2 N–H and O–H groups in total. The number of hydrogen-bond acceptors (Lipinski definition) is 5. The van der Waals surface area contributed by atoms with Gasteiger partial charge >= 0.3 is 6.18 Å². The summed E-state index contributed by atoms with van der Waals surface area (Å²) in [4.78, 5) is 22.7. The van der Waals surface area contributed by atoms with Gasteiger partial charge in [-0.3, -0.25) is 9.59 Å². The second-order valence-electron chi connectivity index (χ2n) is 5.07. The van der Waals surface area contributed by atoms with Crippen LogP contribution in [0.1, 0.15) is 5.56 Å². The van der Waals surface area contributed by atoms with Crippen molar-refractivity contribution < 1.29 is 31.2 Å². The van der Waals surface area contributed by atoms with E-state index in [2.05, 4.69) is 0 Å². The molecular formula is C14H15F3N4O4S. The predicted octanol–water partition coefficient (Wildman–Crippen LogP) is -0.0265. The maximum absolute atomic E-state index is 12.3. The predicted molar refractivity (Wildman–Crippen MR) is 83.0 cm³/mol. The summed E-state index contributed by atoms with van der Waals surface area (Å²) in [6, 6.07) is 6.83. The first-order valence-electron chi connectivity index (χ1n) is 7.02. The van der Waals surface area contributed by atoms with Crippen molar-refractivity contribution in [3.8, 4) is 6.07 Å². The van der Waals surface area contributed by atoms with E-state index in [0.717, 1.165) is 7.05 Å². The molecule has 0 saturated carbocycles. The van der Waals surface area contributed by atoms with E-state index >= 15 is 0 Å². The lowest BCUT2D eigenvalue weighted by Gasteiger charge is -2.17. The third kappa shape index (κ3) is 6.69. The van der Waals surface area contributed by atoms with Crippen LogP contribution in [-0.2, 0) is 19.6 Å². The molecule has 0 bridgehead atoms. The van der Waals surface area contributed by atoms with Crippen molar-refractivity contribution >= 4 is 21.8 Å². The minimum Gasteiger partial charge on any atom is -0.346 e. The van der Waals surface area contributed by atoms with Crippen LogP contribution in [-0.4, -0.2) is 57.4 Å². The molecule has 0 aliphatic heterocycles. The van der Waals surface area contributed by atoms with E-state index in [1.807, 2.05) is 11.4 Å². The fourth-order valence-corrected chi connectivity index (χ4v) is 2.79. The molecule has 8 nitrogen and oxygen atoms in total. The highest BCUT2D eigenvalue weighted by Gasteiger charge is 2.28. The number of hydrogen-bond donors (Lipinski definition) is 2. The van der Waals surface area contributed by atoms with Crippen LogP contribution in [0.4, 0.5) is 13.2 Å². The van der Waals surface area contributed by atoms with Gasteiger partial charge in [0.05, 0.1) is 29.6 Å². The Labute approximate surface area is 147 Å². The van der Waals surface area contributed by atoms with Gasteiger partial charge in [-0.1, -0.05) is 0 Å². The van der Waals surface area contributed by atoms with Gasteiger partial charge in [0, 0.05) is 7.05 Å². The van der Waals surface area contributed by atoms with Gasteiger partial charge in [-0.2, -0.15) is 22.7 Å². The molecule has 0 aromatic heterocycles. The number of carbonyl (C=O) groups excluding carboxylic acids is 2. The first kappa shape index (κ1) is 21.4. The van der Waals surface area contributed by atoms with Crippen molar-refractivity contribution in [1.29, 1.82) is 5.26 Å². The molecule has 12 heteroatoms. The third-order valence-electron chi connectivity index (χ3n) is 2.99. The van der Waals surface area contributed by atoms with E-state index in [4.69, 9.17) is 5.26 Å². The topological polar surface area (TPSA) is 119 Å². The summed E-state index contributed by atoms with van der Waals surface area (Å²) < 4.78 is 61.1. The quantitative estimate of drug-likeness (QED) is 0.676. The zero-order valence-electron chi connectivity index (χ0n) is 13.5. The highest BCUT2D eigenvalue weighted by atomic mass is 32.2. The molecule has 0 atom stereocenters. The first-order chi connectivity index (χ1) is 12.0. The maximum atomic E-state index is 12.3. The molecule has 1 aromatic rings. The largest absolute Gasteiger partial charge is 0.405 e. The lowest BCUT2D eigenvalue weighted by molar-refractivity contribution is -0.138. The SMILES string of the molecule is CN(CC(=O)NCC(=O)NCC(F)(F)F)S(=O)(=O)c1ccc(C#N)cc1. The molecule has 1 rings (SSSR count). The molecule has 0 aliphatic carbocycles. The van der Waals surface area contributed by atoms with Gasteiger partial charge in [-0.15, -0.1) is 0 Å². The molecule has 1 aromatic carbocycles. The molecule has 0 fully saturated rings. The number of sulfonamides is 1. The van der Waals surface area contributed by atoms with Gasteiger partial charge in [0.1, 0.15) is 6.54 Å². The number of alkyl halides is 3. The summed E-state index contributed by atoms with van der Waals surface area (Å²) in [5, 5.41) is 12.3. The molecule has 26 heavy (non-hydrogen) atoms. The number of nitriles is 1. The van der Waals surface area contributed by atoms with Crippen LogP contribution >= 0.6 is 0 Å². The fraction of sp³-hybridized carbons (Fsp3) is 0.357. The number of nitrogens with one attached hydrogen (secondary N) is 2. The number of halogens is 3. The van der Waals surface area contributed by atoms with Crippen LogP contribution in [0, 0.1) is 11.3 Å². The number of amides is 2. The molecule has 0 radical (unpaired) electrons. The van der Waals surface area contributed by atoms with E-state index < -0.39 is 47.6 Å². The van der Waals surface area contributed by atoms with Gasteiger partial charge in [0.2, 0.25) is 21.8 Å². The van der Waals surface area contributed by atoms with Crippen molar-refractivity contribution in [2.45, 2.75) is 11.1 Å². The molecule has 0 saturated heterocycles. The Hall–Kier alpha value is -2.65. The van der Waals surface area contributed by atoms with Crippen LogP contribution < -0.4 is 10.6 Å². The smallest absolute Gasteiger partial charge is 0.346 e. The Morgan fingerprint density at radius 3 is 2.23 bits per heavy atom. The standard InChI is InChI=1S/C14H15F3N4O4S/c1-21(26(24,25)11-4-2-10(6-18)3-5-11)8-13(23)19-7-12(22)20-9-14(15,16)17/h2-5H,7-9H2,1H3,(H,19,23)(H,20,22). The van der Waals surface area contributed by atoms with Gasteiger partial charge in [0.25, 0.3) is 0 Å². The van der Waals surface area contributed by atoms with Crippen LogP contribution in [0.3, 0.4) is 0 Å². The zero-order chi connectivity index (χ0) is 20.0. The van der Waals surface area contributed by atoms with Crippen molar-refractivity contribution in [1.82, 2.24) is 14.9 Å². The number of carbonyl (C=O) groups is 2. The van der Waals surface area contributed by atoms with E-state index in [9.17, 15) is 31.2 Å². The number of likely N-dealkylation sites (N-methyl/N-ethyl adjacent to an activating group) is 1.